The van der Waals surface area contributed by atoms with E-state index in [0.29, 0.717) is 24.0 Å². The molecule has 38 heavy (non-hydrogen) atoms. The lowest BCUT2D eigenvalue weighted by molar-refractivity contribution is -0.276. The number of alkyl halides is 6. The summed E-state index contributed by atoms with van der Waals surface area (Å²) in [5.74, 6) is -2.44. The van der Waals surface area contributed by atoms with Gasteiger partial charge in [-0.1, -0.05) is 0 Å². The molecule has 2 heterocycles. The number of aliphatic hydroxyl groups is 1. The van der Waals surface area contributed by atoms with E-state index < -0.39 is 48.0 Å². The highest BCUT2D eigenvalue weighted by atomic mass is 19.4. The summed E-state index contributed by atoms with van der Waals surface area (Å²) in [7, 11) is 0. The minimum absolute atomic E-state index is 0.0672. The van der Waals surface area contributed by atoms with Crippen molar-refractivity contribution in [2.75, 3.05) is 0 Å². The van der Waals surface area contributed by atoms with Crippen LogP contribution in [-0.4, -0.2) is 48.5 Å². The first-order chi connectivity index (χ1) is 17.7. The molecular weight excluding hydrogens is 528 g/mol. The molecule has 1 unspecified atom stereocenters. The van der Waals surface area contributed by atoms with E-state index in [1.165, 1.54) is 17.7 Å². The summed E-state index contributed by atoms with van der Waals surface area (Å²) < 4.78 is 84.8. The summed E-state index contributed by atoms with van der Waals surface area (Å²) in [6.45, 7) is 1.47. The van der Waals surface area contributed by atoms with Crippen molar-refractivity contribution in [3.63, 3.8) is 0 Å². The van der Waals surface area contributed by atoms with Crippen molar-refractivity contribution in [3.8, 4) is 17.3 Å². The first-order valence-electron chi connectivity index (χ1n) is 10.9. The standard InChI is InChI=1S/C21H19F6N7O4/c1-9(18-32-17(10-2-3-10)33-34(18)15-7-14(16(28)35)29-8-30-15)31-19(36)11-4-12(37-20(22,23)24)6-13(5-11)38-21(25,26)27/h4-10,16,35H,2-3,28H2,1H3,(H,31,36)/t9-,16?/m0/s1. The smallest absolute Gasteiger partial charge is 0.406 e. The quantitative estimate of drug-likeness (QED) is 0.285. The number of hydrogen-bond donors (Lipinski definition) is 3. The van der Waals surface area contributed by atoms with Crippen LogP contribution in [0.2, 0.25) is 0 Å². The topological polar surface area (TPSA) is 150 Å². The highest BCUT2D eigenvalue weighted by molar-refractivity contribution is 5.95. The molecule has 1 fully saturated rings. The summed E-state index contributed by atoms with van der Waals surface area (Å²) in [4.78, 5) is 25.3. The second-order valence-electron chi connectivity index (χ2n) is 8.24. The molecule has 0 saturated heterocycles. The Morgan fingerprint density at radius 2 is 1.68 bits per heavy atom. The third-order valence-electron chi connectivity index (χ3n) is 5.13. The van der Waals surface area contributed by atoms with Gasteiger partial charge in [0.25, 0.3) is 5.91 Å². The van der Waals surface area contributed by atoms with Crippen molar-refractivity contribution < 1.29 is 45.7 Å². The molecule has 1 saturated carbocycles. The van der Waals surface area contributed by atoms with E-state index in [2.05, 4.69) is 34.8 Å². The third-order valence-corrected chi connectivity index (χ3v) is 5.13. The van der Waals surface area contributed by atoms with E-state index in [0.717, 1.165) is 19.2 Å². The highest BCUT2D eigenvalue weighted by Gasteiger charge is 2.35. The Bertz CT molecular complexity index is 1290. The Balaban J connectivity index is 1.64. The van der Waals surface area contributed by atoms with E-state index in [9.17, 15) is 36.2 Å². The van der Waals surface area contributed by atoms with Crippen LogP contribution in [0.5, 0.6) is 11.5 Å². The number of ether oxygens (including phenoxy) is 2. The summed E-state index contributed by atoms with van der Waals surface area (Å²) in [5, 5.41) is 16.5. The Kier molecular flexibility index (Phi) is 7.16. The van der Waals surface area contributed by atoms with E-state index in [1.54, 1.807) is 0 Å². The fourth-order valence-electron chi connectivity index (χ4n) is 3.38. The molecule has 11 nitrogen and oxygen atoms in total. The largest absolute Gasteiger partial charge is 0.573 e. The van der Waals surface area contributed by atoms with E-state index >= 15 is 0 Å². The molecule has 4 N–H and O–H groups in total. The predicted octanol–water partition coefficient (Wildman–Crippen LogP) is 3.17. The van der Waals surface area contributed by atoms with Crippen LogP contribution < -0.4 is 20.5 Å². The first kappa shape index (κ1) is 27.1. The molecule has 0 aliphatic heterocycles. The monoisotopic (exact) mass is 547 g/mol. The number of nitrogens with two attached hydrogens (primary N) is 1. The van der Waals surface area contributed by atoms with Crippen LogP contribution in [0, 0.1) is 0 Å². The number of amides is 1. The van der Waals surface area contributed by atoms with Crippen molar-refractivity contribution in [1.29, 1.82) is 0 Å². The molecule has 2 atom stereocenters. The van der Waals surface area contributed by atoms with Gasteiger partial charge in [0.2, 0.25) is 0 Å². The molecule has 204 valence electrons. The lowest BCUT2D eigenvalue weighted by Crippen LogP contribution is -2.29. The van der Waals surface area contributed by atoms with Gasteiger partial charge < -0.3 is 25.6 Å². The molecule has 0 spiro atoms. The number of aromatic nitrogens is 5. The fourth-order valence-corrected chi connectivity index (χ4v) is 3.38. The highest BCUT2D eigenvalue weighted by Crippen LogP contribution is 2.39. The maximum absolute atomic E-state index is 12.9. The van der Waals surface area contributed by atoms with Gasteiger partial charge in [0.15, 0.2) is 17.5 Å². The van der Waals surface area contributed by atoms with Gasteiger partial charge in [-0.15, -0.1) is 31.4 Å². The first-order valence-corrected chi connectivity index (χ1v) is 10.9. The zero-order valence-corrected chi connectivity index (χ0v) is 19.3. The molecule has 4 rings (SSSR count). The maximum Gasteiger partial charge on any atom is 0.573 e. The van der Waals surface area contributed by atoms with Gasteiger partial charge in [0, 0.05) is 23.6 Å². The van der Waals surface area contributed by atoms with Gasteiger partial charge in [-0.25, -0.2) is 15.0 Å². The Labute approximate surface area is 209 Å². The van der Waals surface area contributed by atoms with Crippen LogP contribution in [0.25, 0.3) is 5.82 Å². The number of carbonyl (C=O) groups excluding carboxylic acids is 1. The van der Waals surface area contributed by atoms with Crippen LogP contribution in [0.1, 0.15) is 65.7 Å². The van der Waals surface area contributed by atoms with Gasteiger partial charge in [-0.2, -0.15) is 4.68 Å². The maximum atomic E-state index is 12.9. The number of benzene rings is 1. The van der Waals surface area contributed by atoms with Gasteiger partial charge in [-0.3, -0.25) is 4.79 Å². The molecule has 0 radical (unpaired) electrons. The van der Waals surface area contributed by atoms with Gasteiger partial charge in [-0.05, 0) is 31.9 Å². The van der Waals surface area contributed by atoms with Crippen molar-refractivity contribution in [1.82, 2.24) is 30.0 Å². The second kappa shape index (κ2) is 10.1. The average Bonchev–Trinajstić information content (AvgIpc) is 3.54. The summed E-state index contributed by atoms with van der Waals surface area (Å²) >= 11 is 0. The van der Waals surface area contributed by atoms with Crippen molar-refractivity contribution in [2.24, 2.45) is 5.73 Å². The molecule has 0 bridgehead atoms. The number of halogens is 6. The van der Waals surface area contributed by atoms with Gasteiger partial charge in [0.1, 0.15) is 24.1 Å². The zero-order valence-electron chi connectivity index (χ0n) is 19.3. The number of rotatable bonds is 8. The predicted molar refractivity (Wildman–Crippen MR) is 114 cm³/mol. The molecule has 1 aliphatic rings. The van der Waals surface area contributed by atoms with Crippen LogP contribution in [-0.2, 0) is 0 Å². The molecule has 2 aromatic heterocycles. The minimum atomic E-state index is -5.24. The Morgan fingerprint density at radius 3 is 2.21 bits per heavy atom. The minimum Gasteiger partial charge on any atom is -0.406 e. The third kappa shape index (κ3) is 6.86. The zero-order chi connectivity index (χ0) is 27.8. The van der Waals surface area contributed by atoms with Crippen LogP contribution in [0.4, 0.5) is 26.3 Å². The van der Waals surface area contributed by atoms with Crippen molar-refractivity contribution in [3.05, 3.63) is 53.5 Å². The summed E-state index contributed by atoms with van der Waals surface area (Å²) in [5.41, 5.74) is 4.91. The van der Waals surface area contributed by atoms with Gasteiger partial charge >= 0.3 is 12.7 Å². The SMILES string of the molecule is C[C@H](NC(=O)c1cc(OC(F)(F)F)cc(OC(F)(F)F)c1)c1nc(C2CC2)nn1-c1cc(C(N)O)ncn1. The van der Waals surface area contributed by atoms with E-state index in [1.807, 2.05) is 0 Å². The van der Waals surface area contributed by atoms with E-state index in [-0.39, 0.29) is 23.3 Å². The lowest BCUT2D eigenvalue weighted by Gasteiger charge is -2.17. The normalized spacial score (nSPS) is 15.6. The van der Waals surface area contributed by atoms with Crippen LogP contribution in [0.15, 0.2) is 30.6 Å². The molecule has 1 amide bonds. The lowest BCUT2D eigenvalue weighted by atomic mass is 10.1. The van der Waals surface area contributed by atoms with Crippen LogP contribution >= 0.6 is 0 Å². The number of nitrogens with zero attached hydrogens (tertiary/aromatic N) is 5. The molecular formula is C21H19F6N7O4. The molecule has 1 aromatic carbocycles. The molecule has 17 heteroatoms. The van der Waals surface area contributed by atoms with E-state index in [4.69, 9.17) is 5.73 Å². The van der Waals surface area contributed by atoms with Gasteiger partial charge in [0.05, 0.1) is 11.7 Å². The second-order valence-corrected chi connectivity index (χ2v) is 8.24. The molecule has 1 aliphatic carbocycles. The summed E-state index contributed by atoms with van der Waals surface area (Å²) in [6.07, 6.45) is -9.10. The number of carbonyl (C=O) groups is 1. The Hall–Kier alpha value is -3.99. The number of nitrogens with one attached hydrogen (secondary N) is 1. The van der Waals surface area contributed by atoms with Crippen molar-refractivity contribution in [2.45, 2.75) is 50.7 Å². The number of hydrogen-bond acceptors (Lipinski definition) is 9. The number of aliphatic hydroxyl groups excluding tert-OH is 1. The van der Waals surface area contributed by atoms with Crippen LogP contribution in [0.3, 0.4) is 0 Å². The molecule has 3 aromatic rings. The average molecular weight is 547 g/mol. The fraction of sp³-hybridized carbons (Fsp3) is 0.381. The summed E-state index contributed by atoms with van der Waals surface area (Å²) in [6, 6.07) is 1.94. The van der Waals surface area contributed by atoms with Crippen molar-refractivity contribution >= 4 is 5.91 Å². The Morgan fingerprint density at radius 1 is 1.08 bits per heavy atom.